The summed E-state index contributed by atoms with van der Waals surface area (Å²) in [6, 6.07) is 0.0341. The van der Waals surface area contributed by atoms with Gasteiger partial charge in [-0.1, -0.05) is 0 Å². The van der Waals surface area contributed by atoms with Crippen molar-refractivity contribution in [3.8, 4) is 0 Å². The fraction of sp³-hybridized carbons (Fsp3) is 0.812. The van der Waals surface area contributed by atoms with Crippen LogP contribution in [0.5, 0.6) is 0 Å². The van der Waals surface area contributed by atoms with E-state index in [9.17, 15) is 14.4 Å². The van der Waals surface area contributed by atoms with Gasteiger partial charge in [0.25, 0.3) is 0 Å². The molecule has 4 amide bonds. The number of rotatable bonds is 2. The molecular weight excluding hydrogens is 312 g/mol. The van der Waals surface area contributed by atoms with Gasteiger partial charge in [0.15, 0.2) is 0 Å². The van der Waals surface area contributed by atoms with Crippen LogP contribution in [0.25, 0.3) is 0 Å². The number of fused-ring (bicyclic) bond motifs is 1. The second-order valence-electron chi connectivity index (χ2n) is 8.10. The van der Waals surface area contributed by atoms with Crippen molar-refractivity contribution in [1.29, 1.82) is 0 Å². The third-order valence-electron chi connectivity index (χ3n) is 6.82. The highest BCUT2D eigenvalue weighted by Gasteiger charge is 2.75. The Hall–Kier alpha value is -1.99. The summed E-state index contributed by atoms with van der Waals surface area (Å²) in [5.41, 5.74) is -0.0601. The molecule has 24 heavy (non-hydrogen) atoms. The third-order valence-corrected chi connectivity index (χ3v) is 6.82. The molecule has 0 radical (unpaired) electrons. The fourth-order valence-corrected chi connectivity index (χ4v) is 5.68. The maximum Gasteiger partial charge on any atom is 0.407 e. The van der Waals surface area contributed by atoms with Gasteiger partial charge in [-0.05, 0) is 25.7 Å². The molecule has 1 unspecified atom stereocenters. The lowest BCUT2D eigenvalue weighted by Gasteiger charge is -2.75. The van der Waals surface area contributed by atoms with Gasteiger partial charge in [0, 0.05) is 44.7 Å². The van der Waals surface area contributed by atoms with Crippen molar-refractivity contribution in [2.24, 2.45) is 0 Å². The Kier molecular flexibility index (Phi) is 2.60. The number of urea groups is 1. The number of carboxylic acid groups (broad SMARTS) is 1. The van der Waals surface area contributed by atoms with Gasteiger partial charge in [-0.3, -0.25) is 4.79 Å². The molecule has 6 aliphatic rings. The molecule has 1 atom stereocenters. The van der Waals surface area contributed by atoms with Gasteiger partial charge in [-0.25, -0.2) is 9.59 Å². The Morgan fingerprint density at radius 2 is 1.71 bits per heavy atom. The second-order valence-corrected chi connectivity index (χ2v) is 8.10. The molecule has 3 aliphatic carbocycles. The smallest absolute Gasteiger partial charge is 0.407 e. The summed E-state index contributed by atoms with van der Waals surface area (Å²) in [6.45, 7) is 2.77. The molecule has 8 nitrogen and oxygen atoms in total. The summed E-state index contributed by atoms with van der Waals surface area (Å²) in [4.78, 5) is 43.2. The number of nitrogens with zero attached hydrogens (tertiary/aromatic N) is 4. The van der Waals surface area contributed by atoms with Crippen molar-refractivity contribution in [2.45, 2.75) is 49.2 Å². The van der Waals surface area contributed by atoms with Crippen LogP contribution in [0.2, 0.25) is 0 Å². The van der Waals surface area contributed by atoms with Crippen LogP contribution in [0.15, 0.2) is 0 Å². The first-order valence-electron chi connectivity index (χ1n) is 8.81. The van der Waals surface area contributed by atoms with E-state index < -0.39 is 6.09 Å². The van der Waals surface area contributed by atoms with E-state index in [1.807, 2.05) is 9.80 Å². The highest BCUT2D eigenvalue weighted by atomic mass is 16.4. The lowest BCUT2D eigenvalue weighted by Crippen LogP contribution is -2.83. The maximum absolute atomic E-state index is 12.8. The molecule has 0 aromatic heterocycles. The Labute approximate surface area is 140 Å². The van der Waals surface area contributed by atoms with E-state index in [2.05, 4.69) is 4.90 Å². The zero-order valence-corrected chi connectivity index (χ0v) is 13.6. The normalized spacial score (nSPS) is 40.6. The molecule has 1 N–H and O–H groups in total. The lowest BCUT2D eigenvalue weighted by atomic mass is 9.42. The molecule has 2 bridgehead atoms. The SMILES string of the molecule is O=C(O)N1CCN2C(=O)N(C34CC(N5CCCC5=O)(C3)C4)CC2C1. The molecule has 6 rings (SSSR count). The molecule has 0 aromatic carbocycles. The van der Waals surface area contributed by atoms with E-state index in [1.54, 1.807) is 0 Å². The number of piperazine rings is 1. The number of amides is 4. The van der Waals surface area contributed by atoms with Crippen LogP contribution in [-0.2, 0) is 4.79 Å². The fourth-order valence-electron chi connectivity index (χ4n) is 5.68. The van der Waals surface area contributed by atoms with Gasteiger partial charge < -0.3 is 24.7 Å². The van der Waals surface area contributed by atoms with Gasteiger partial charge >= 0.3 is 12.1 Å². The molecule has 0 aromatic rings. The van der Waals surface area contributed by atoms with E-state index >= 15 is 0 Å². The second kappa shape index (κ2) is 4.34. The molecule has 130 valence electrons. The Morgan fingerprint density at radius 1 is 1.00 bits per heavy atom. The third kappa shape index (κ3) is 1.61. The minimum Gasteiger partial charge on any atom is -0.465 e. The first-order chi connectivity index (χ1) is 11.4. The van der Waals surface area contributed by atoms with Crippen molar-refractivity contribution >= 4 is 18.0 Å². The zero-order valence-electron chi connectivity index (χ0n) is 13.6. The predicted molar refractivity (Wildman–Crippen MR) is 82.5 cm³/mol. The molecule has 8 heteroatoms. The average molecular weight is 334 g/mol. The summed E-state index contributed by atoms with van der Waals surface area (Å²) >= 11 is 0. The minimum absolute atomic E-state index is 0.0179. The van der Waals surface area contributed by atoms with E-state index in [4.69, 9.17) is 5.11 Å². The van der Waals surface area contributed by atoms with Crippen LogP contribution in [0.3, 0.4) is 0 Å². The molecule has 3 aliphatic heterocycles. The molecule has 6 fully saturated rings. The number of carbonyl (C=O) groups is 3. The van der Waals surface area contributed by atoms with Crippen LogP contribution in [0.4, 0.5) is 9.59 Å². The van der Waals surface area contributed by atoms with Crippen LogP contribution < -0.4 is 0 Å². The average Bonchev–Trinajstić information content (AvgIpc) is 3.02. The van der Waals surface area contributed by atoms with E-state index in [-0.39, 0.29) is 29.1 Å². The number of carbonyl (C=O) groups excluding carboxylic acids is 2. The summed E-state index contributed by atoms with van der Waals surface area (Å²) in [5, 5.41) is 9.17. The zero-order chi connectivity index (χ0) is 16.7. The van der Waals surface area contributed by atoms with Gasteiger partial charge in [-0.2, -0.15) is 0 Å². The van der Waals surface area contributed by atoms with Gasteiger partial charge in [-0.15, -0.1) is 0 Å². The van der Waals surface area contributed by atoms with Crippen molar-refractivity contribution in [1.82, 2.24) is 19.6 Å². The molecule has 0 spiro atoms. The van der Waals surface area contributed by atoms with Gasteiger partial charge in [0.05, 0.1) is 11.6 Å². The summed E-state index contributed by atoms with van der Waals surface area (Å²) in [7, 11) is 0. The highest BCUT2D eigenvalue weighted by molar-refractivity contribution is 5.82. The molecular formula is C16H22N4O4. The summed E-state index contributed by atoms with van der Waals surface area (Å²) in [6.07, 6.45) is 3.43. The van der Waals surface area contributed by atoms with Crippen LogP contribution in [-0.4, -0.2) is 92.6 Å². The summed E-state index contributed by atoms with van der Waals surface area (Å²) in [5.74, 6) is 0.269. The van der Waals surface area contributed by atoms with Crippen molar-refractivity contribution in [3.63, 3.8) is 0 Å². The molecule has 3 saturated heterocycles. The quantitative estimate of drug-likeness (QED) is 0.791. The first kappa shape index (κ1) is 14.4. The summed E-state index contributed by atoms with van der Waals surface area (Å²) < 4.78 is 0. The monoisotopic (exact) mass is 334 g/mol. The van der Waals surface area contributed by atoms with Crippen LogP contribution >= 0.6 is 0 Å². The van der Waals surface area contributed by atoms with Crippen molar-refractivity contribution in [2.75, 3.05) is 32.7 Å². The predicted octanol–water partition coefficient (Wildman–Crippen LogP) is 0.384. The van der Waals surface area contributed by atoms with E-state index in [0.717, 1.165) is 32.2 Å². The molecule has 3 heterocycles. The molecule has 3 saturated carbocycles. The lowest BCUT2D eigenvalue weighted by molar-refractivity contribution is -0.211. The highest BCUT2D eigenvalue weighted by Crippen LogP contribution is 2.67. The standard InChI is InChI=1S/C16H22N4O4/c21-12-2-1-3-19(12)15-8-16(9-15,10-15)20-7-11-6-17(14(23)24)4-5-18(11)13(20)22/h11H,1-10H2,(H,23,24). The minimum atomic E-state index is -0.905. The number of hydrogen-bond donors (Lipinski definition) is 1. The first-order valence-corrected chi connectivity index (χ1v) is 8.81. The van der Waals surface area contributed by atoms with Crippen LogP contribution in [0, 0.1) is 0 Å². The number of hydrogen-bond acceptors (Lipinski definition) is 3. The van der Waals surface area contributed by atoms with E-state index in [0.29, 0.717) is 32.6 Å². The van der Waals surface area contributed by atoms with Crippen molar-refractivity contribution in [3.05, 3.63) is 0 Å². The van der Waals surface area contributed by atoms with Gasteiger partial charge in [0.2, 0.25) is 5.91 Å². The Balaban J connectivity index is 1.28. The van der Waals surface area contributed by atoms with Crippen LogP contribution in [0.1, 0.15) is 32.1 Å². The Morgan fingerprint density at radius 3 is 2.33 bits per heavy atom. The number of likely N-dealkylation sites (tertiary alicyclic amines) is 1. The maximum atomic E-state index is 12.8. The van der Waals surface area contributed by atoms with E-state index in [1.165, 1.54) is 4.90 Å². The largest absolute Gasteiger partial charge is 0.465 e. The Bertz CT molecular complexity index is 630. The van der Waals surface area contributed by atoms with Crippen molar-refractivity contribution < 1.29 is 19.5 Å². The topological polar surface area (TPSA) is 84.4 Å². The van der Waals surface area contributed by atoms with Gasteiger partial charge in [0.1, 0.15) is 0 Å².